The maximum Gasteiger partial charge on any atom is 0.214 e. The minimum absolute atomic E-state index is 0.0379. The number of nitrogens with two attached hydrogens (primary N) is 1. The van der Waals surface area contributed by atoms with E-state index in [0.717, 1.165) is 0 Å². The summed E-state index contributed by atoms with van der Waals surface area (Å²) in [5.41, 5.74) is 5.35. The zero-order valence-electron chi connectivity index (χ0n) is 9.92. The van der Waals surface area contributed by atoms with Crippen molar-refractivity contribution in [3.8, 4) is 0 Å². The summed E-state index contributed by atoms with van der Waals surface area (Å²) >= 11 is 0. The molecule has 1 unspecified atom stereocenters. The fourth-order valence-electron chi connectivity index (χ4n) is 1.86. The van der Waals surface area contributed by atoms with Gasteiger partial charge in [-0.2, -0.15) is 0 Å². The summed E-state index contributed by atoms with van der Waals surface area (Å²) in [7, 11) is -6.45. The Morgan fingerprint density at radius 2 is 1.88 bits per heavy atom. The quantitative estimate of drug-likeness (QED) is 0.689. The van der Waals surface area contributed by atoms with Crippen LogP contribution in [0, 0.1) is 0 Å². The predicted octanol–water partition coefficient (Wildman–Crippen LogP) is -0.780. The molecule has 8 heteroatoms. The molecule has 0 aromatic carbocycles. The van der Waals surface area contributed by atoms with Crippen LogP contribution in [0.15, 0.2) is 0 Å². The van der Waals surface area contributed by atoms with E-state index >= 15 is 0 Å². The molecular formula is C9H20N2O4S2. The van der Waals surface area contributed by atoms with Gasteiger partial charge < -0.3 is 5.73 Å². The summed E-state index contributed by atoms with van der Waals surface area (Å²) in [5, 5.41) is -0.591. The van der Waals surface area contributed by atoms with E-state index in [-0.39, 0.29) is 30.4 Å². The highest BCUT2D eigenvalue weighted by atomic mass is 32.2. The fourth-order valence-corrected chi connectivity index (χ4v) is 5.38. The lowest BCUT2D eigenvalue weighted by Gasteiger charge is -2.24. The van der Waals surface area contributed by atoms with Gasteiger partial charge in [0.25, 0.3) is 0 Å². The summed E-state index contributed by atoms with van der Waals surface area (Å²) in [6.07, 6.45) is 0.949. The third-order valence-electron chi connectivity index (χ3n) is 2.91. The lowest BCUT2D eigenvalue weighted by atomic mass is 10.2. The van der Waals surface area contributed by atoms with Gasteiger partial charge in [-0.3, -0.25) is 0 Å². The van der Waals surface area contributed by atoms with Crippen LogP contribution in [0.1, 0.15) is 26.2 Å². The van der Waals surface area contributed by atoms with Gasteiger partial charge in [0, 0.05) is 6.04 Å². The molecule has 1 heterocycles. The first-order chi connectivity index (χ1) is 7.77. The lowest BCUT2D eigenvalue weighted by Crippen LogP contribution is -2.43. The maximum atomic E-state index is 11.9. The van der Waals surface area contributed by atoms with Gasteiger partial charge in [-0.25, -0.2) is 21.6 Å². The average molecular weight is 284 g/mol. The van der Waals surface area contributed by atoms with E-state index in [0.29, 0.717) is 13.0 Å². The van der Waals surface area contributed by atoms with Crippen molar-refractivity contribution in [3.63, 3.8) is 0 Å². The lowest BCUT2D eigenvalue weighted by molar-refractivity contribution is 0.523. The second-order valence-electron chi connectivity index (χ2n) is 4.49. The molecule has 17 heavy (non-hydrogen) atoms. The van der Waals surface area contributed by atoms with E-state index in [1.165, 1.54) is 0 Å². The molecule has 1 saturated heterocycles. The zero-order chi connectivity index (χ0) is 13.1. The minimum Gasteiger partial charge on any atom is -0.330 e. The first-order valence-corrected chi connectivity index (χ1v) is 9.05. The van der Waals surface area contributed by atoms with Crippen molar-refractivity contribution < 1.29 is 16.8 Å². The molecular weight excluding hydrogens is 264 g/mol. The third kappa shape index (κ3) is 4.53. The molecule has 102 valence electrons. The molecule has 0 spiro atoms. The van der Waals surface area contributed by atoms with Crippen LogP contribution < -0.4 is 10.5 Å². The standard InChI is InChI=1S/C9H20N2O4S2/c1-8(2-5-10)11-17(14,15)9-3-6-16(12,13)7-4-9/h8-9,11H,2-7,10H2,1H3. The minimum atomic E-state index is -3.42. The normalized spacial score (nSPS) is 23.4. The SMILES string of the molecule is CC(CCN)NS(=O)(=O)C1CCS(=O)(=O)CC1. The van der Waals surface area contributed by atoms with Crippen LogP contribution >= 0.6 is 0 Å². The molecule has 0 amide bonds. The molecule has 0 radical (unpaired) electrons. The van der Waals surface area contributed by atoms with Gasteiger partial charge in [-0.05, 0) is 32.7 Å². The molecule has 6 nitrogen and oxygen atoms in total. The number of nitrogens with one attached hydrogen (secondary N) is 1. The van der Waals surface area contributed by atoms with Gasteiger partial charge in [-0.15, -0.1) is 0 Å². The second kappa shape index (κ2) is 5.64. The van der Waals surface area contributed by atoms with Crippen molar-refractivity contribution in [2.45, 2.75) is 37.5 Å². The van der Waals surface area contributed by atoms with Crippen LogP contribution in [0.25, 0.3) is 0 Å². The van der Waals surface area contributed by atoms with E-state index in [1.807, 2.05) is 0 Å². The summed E-state index contributed by atoms with van der Waals surface area (Å²) < 4.78 is 48.9. The summed E-state index contributed by atoms with van der Waals surface area (Å²) in [4.78, 5) is 0. The van der Waals surface area contributed by atoms with Crippen molar-refractivity contribution in [2.75, 3.05) is 18.1 Å². The monoisotopic (exact) mass is 284 g/mol. The highest BCUT2D eigenvalue weighted by Gasteiger charge is 2.33. The Bertz CT molecular complexity index is 430. The predicted molar refractivity (Wildman–Crippen MR) is 66.9 cm³/mol. The highest BCUT2D eigenvalue weighted by Crippen LogP contribution is 2.19. The molecule has 0 bridgehead atoms. The topological polar surface area (TPSA) is 106 Å². The molecule has 1 atom stereocenters. The zero-order valence-corrected chi connectivity index (χ0v) is 11.6. The number of sulfone groups is 1. The summed E-state index contributed by atoms with van der Waals surface area (Å²) in [6.45, 7) is 2.17. The first-order valence-electron chi connectivity index (χ1n) is 5.68. The van der Waals surface area contributed by atoms with Crippen molar-refractivity contribution in [2.24, 2.45) is 5.73 Å². The van der Waals surface area contributed by atoms with Gasteiger partial charge in [0.15, 0.2) is 0 Å². The number of rotatable bonds is 5. The number of hydrogen-bond donors (Lipinski definition) is 2. The summed E-state index contributed by atoms with van der Waals surface area (Å²) in [5.74, 6) is -0.0757. The molecule has 1 aliphatic heterocycles. The van der Waals surface area contributed by atoms with Crippen LogP contribution in [0.4, 0.5) is 0 Å². The van der Waals surface area contributed by atoms with E-state index < -0.39 is 25.1 Å². The van der Waals surface area contributed by atoms with Gasteiger partial charge in [-0.1, -0.05) is 0 Å². The van der Waals surface area contributed by atoms with Crippen molar-refractivity contribution in [1.82, 2.24) is 4.72 Å². The van der Waals surface area contributed by atoms with E-state index in [2.05, 4.69) is 4.72 Å². The summed E-state index contributed by atoms with van der Waals surface area (Å²) in [6, 6.07) is -0.205. The van der Waals surface area contributed by atoms with Gasteiger partial charge >= 0.3 is 0 Å². The van der Waals surface area contributed by atoms with E-state index in [1.54, 1.807) is 6.92 Å². The third-order valence-corrected chi connectivity index (χ3v) is 6.70. The van der Waals surface area contributed by atoms with Gasteiger partial charge in [0.2, 0.25) is 10.0 Å². The van der Waals surface area contributed by atoms with Crippen LogP contribution in [0.5, 0.6) is 0 Å². The largest absolute Gasteiger partial charge is 0.330 e. The van der Waals surface area contributed by atoms with Crippen LogP contribution in [-0.2, 0) is 19.9 Å². The van der Waals surface area contributed by atoms with E-state index in [9.17, 15) is 16.8 Å². The number of hydrogen-bond acceptors (Lipinski definition) is 5. The highest BCUT2D eigenvalue weighted by molar-refractivity contribution is 7.92. The molecule has 1 rings (SSSR count). The smallest absolute Gasteiger partial charge is 0.214 e. The van der Waals surface area contributed by atoms with Crippen LogP contribution in [0.3, 0.4) is 0 Å². The molecule has 0 aromatic rings. The average Bonchev–Trinajstić information content (AvgIpc) is 2.16. The Morgan fingerprint density at radius 1 is 1.35 bits per heavy atom. The van der Waals surface area contributed by atoms with Crippen LogP contribution in [0.2, 0.25) is 0 Å². The van der Waals surface area contributed by atoms with Crippen LogP contribution in [-0.4, -0.2) is 46.2 Å². The Kier molecular flexibility index (Phi) is 4.94. The molecule has 3 N–H and O–H groups in total. The van der Waals surface area contributed by atoms with Crippen molar-refractivity contribution in [1.29, 1.82) is 0 Å². The van der Waals surface area contributed by atoms with E-state index in [4.69, 9.17) is 5.73 Å². The molecule has 1 aliphatic rings. The maximum absolute atomic E-state index is 11.9. The number of sulfonamides is 1. The van der Waals surface area contributed by atoms with Gasteiger partial charge in [0.1, 0.15) is 9.84 Å². The fraction of sp³-hybridized carbons (Fsp3) is 1.00. The van der Waals surface area contributed by atoms with Crippen molar-refractivity contribution >= 4 is 19.9 Å². The molecule has 0 aromatic heterocycles. The molecule has 1 fully saturated rings. The molecule has 0 saturated carbocycles. The second-order valence-corrected chi connectivity index (χ2v) is 8.79. The van der Waals surface area contributed by atoms with Crippen molar-refractivity contribution in [3.05, 3.63) is 0 Å². The Hall–Kier alpha value is -0.180. The van der Waals surface area contributed by atoms with Gasteiger partial charge in [0.05, 0.1) is 16.8 Å². The Morgan fingerprint density at radius 3 is 2.35 bits per heavy atom. The first kappa shape index (κ1) is 14.9. The Labute approximate surface area is 103 Å². The Balaban J connectivity index is 2.60. The molecule has 0 aliphatic carbocycles.